The highest BCUT2D eigenvalue weighted by atomic mass is 16.5. The van der Waals surface area contributed by atoms with Crippen LogP contribution in [0.4, 0.5) is 0 Å². The van der Waals surface area contributed by atoms with Crippen molar-refractivity contribution in [1.29, 1.82) is 0 Å². The van der Waals surface area contributed by atoms with Gasteiger partial charge in [-0.25, -0.2) is 0 Å². The molecule has 2 N–H and O–H groups in total. The summed E-state index contributed by atoms with van der Waals surface area (Å²) in [6, 6.07) is 12.1. The molecule has 1 aliphatic rings. The predicted octanol–water partition coefficient (Wildman–Crippen LogP) is 2.01. The smallest absolute Gasteiger partial charge is 0.132 e. The molecular formula is C14H14N2O. The fourth-order valence-corrected chi connectivity index (χ4v) is 2.19. The van der Waals surface area contributed by atoms with E-state index in [2.05, 4.69) is 11.1 Å². The molecule has 0 spiro atoms. The number of ether oxygens (including phenoxy) is 1. The van der Waals surface area contributed by atoms with Crippen LogP contribution in [0.5, 0.6) is 5.75 Å². The Labute approximate surface area is 100 Å². The van der Waals surface area contributed by atoms with Gasteiger partial charge in [-0.2, -0.15) is 0 Å². The van der Waals surface area contributed by atoms with Crippen LogP contribution in [0, 0.1) is 0 Å². The van der Waals surface area contributed by atoms with E-state index < -0.39 is 0 Å². The Hall–Kier alpha value is -1.87. The lowest BCUT2D eigenvalue weighted by atomic mass is 10.0. The fraction of sp³-hybridized carbons (Fsp3) is 0.214. The van der Waals surface area contributed by atoms with Crippen LogP contribution in [-0.4, -0.2) is 17.6 Å². The van der Waals surface area contributed by atoms with Gasteiger partial charge in [-0.05, 0) is 23.8 Å². The van der Waals surface area contributed by atoms with Crippen molar-refractivity contribution in [2.75, 3.05) is 6.54 Å². The van der Waals surface area contributed by atoms with Crippen LogP contribution in [0.15, 0.2) is 42.6 Å². The van der Waals surface area contributed by atoms with Crippen LogP contribution in [0.3, 0.4) is 0 Å². The Balaban J connectivity index is 2.07. The zero-order valence-electron chi connectivity index (χ0n) is 9.47. The summed E-state index contributed by atoms with van der Waals surface area (Å²) >= 11 is 0. The molecule has 3 heteroatoms. The summed E-state index contributed by atoms with van der Waals surface area (Å²) in [5.41, 5.74) is 8.89. The topological polar surface area (TPSA) is 48.1 Å². The van der Waals surface area contributed by atoms with Crippen LogP contribution >= 0.6 is 0 Å². The van der Waals surface area contributed by atoms with Crippen molar-refractivity contribution >= 4 is 0 Å². The van der Waals surface area contributed by atoms with E-state index in [0.717, 1.165) is 23.4 Å². The number of rotatable bonds is 2. The summed E-state index contributed by atoms with van der Waals surface area (Å²) in [4.78, 5) is 4.37. The molecule has 1 atom stereocenters. The standard InChI is InChI=1S/C14H14N2O/c15-9-11-8-10-4-3-5-12(14(10)17-11)13-6-1-2-7-16-13/h1-7,11H,8-9,15H2. The van der Waals surface area contributed by atoms with Crippen LogP contribution in [0.2, 0.25) is 0 Å². The molecule has 3 rings (SSSR count). The van der Waals surface area contributed by atoms with Crippen molar-refractivity contribution in [3.63, 3.8) is 0 Å². The minimum Gasteiger partial charge on any atom is -0.488 e. The van der Waals surface area contributed by atoms with Gasteiger partial charge in [0.15, 0.2) is 0 Å². The Kier molecular flexibility index (Phi) is 2.53. The van der Waals surface area contributed by atoms with Crippen LogP contribution in [-0.2, 0) is 6.42 Å². The number of aromatic nitrogens is 1. The second-order valence-corrected chi connectivity index (χ2v) is 4.19. The molecular weight excluding hydrogens is 212 g/mol. The van der Waals surface area contributed by atoms with Gasteiger partial charge in [0.05, 0.1) is 5.69 Å². The van der Waals surface area contributed by atoms with Gasteiger partial charge in [-0.3, -0.25) is 4.98 Å². The maximum atomic E-state index is 5.88. The zero-order chi connectivity index (χ0) is 11.7. The molecule has 3 nitrogen and oxygen atoms in total. The number of nitrogens with zero attached hydrogens (tertiary/aromatic N) is 1. The first-order valence-corrected chi connectivity index (χ1v) is 5.78. The third-order valence-electron chi connectivity index (χ3n) is 3.03. The van der Waals surface area contributed by atoms with Crippen molar-refractivity contribution < 1.29 is 4.74 Å². The van der Waals surface area contributed by atoms with E-state index in [1.807, 2.05) is 30.3 Å². The average molecular weight is 226 g/mol. The van der Waals surface area contributed by atoms with Gasteiger partial charge < -0.3 is 10.5 Å². The molecule has 2 heterocycles. The Morgan fingerprint density at radius 2 is 2.18 bits per heavy atom. The number of pyridine rings is 1. The van der Waals surface area contributed by atoms with E-state index in [-0.39, 0.29) is 6.10 Å². The monoisotopic (exact) mass is 226 g/mol. The Morgan fingerprint density at radius 3 is 2.94 bits per heavy atom. The summed E-state index contributed by atoms with van der Waals surface area (Å²) < 4.78 is 5.88. The van der Waals surface area contributed by atoms with E-state index in [1.165, 1.54) is 5.56 Å². The van der Waals surface area contributed by atoms with E-state index in [4.69, 9.17) is 10.5 Å². The van der Waals surface area contributed by atoms with Gasteiger partial charge in [-0.15, -0.1) is 0 Å². The summed E-state index contributed by atoms with van der Waals surface area (Å²) in [7, 11) is 0. The van der Waals surface area contributed by atoms with E-state index >= 15 is 0 Å². The summed E-state index contributed by atoms with van der Waals surface area (Å²) in [5, 5.41) is 0. The molecule has 0 amide bonds. The lowest BCUT2D eigenvalue weighted by Crippen LogP contribution is -2.24. The van der Waals surface area contributed by atoms with Gasteiger partial charge >= 0.3 is 0 Å². The number of nitrogens with two attached hydrogens (primary N) is 1. The summed E-state index contributed by atoms with van der Waals surface area (Å²) in [6.45, 7) is 0.552. The van der Waals surface area contributed by atoms with Crippen LogP contribution in [0.1, 0.15) is 5.56 Å². The van der Waals surface area contributed by atoms with Gasteiger partial charge in [-0.1, -0.05) is 18.2 Å². The molecule has 86 valence electrons. The molecule has 1 aliphatic heterocycles. The van der Waals surface area contributed by atoms with Gasteiger partial charge in [0.1, 0.15) is 11.9 Å². The summed E-state index contributed by atoms with van der Waals surface area (Å²) in [6.07, 6.45) is 2.80. The number of fused-ring (bicyclic) bond motifs is 1. The fourth-order valence-electron chi connectivity index (χ4n) is 2.19. The number of hydrogen-bond acceptors (Lipinski definition) is 3. The second kappa shape index (κ2) is 4.18. The molecule has 0 bridgehead atoms. The summed E-state index contributed by atoms with van der Waals surface area (Å²) in [5.74, 6) is 0.946. The molecule has 0 saturated heterocycles. The van der Waals surface area contributed by atoms with Crippen LogP contribution in [0.25, 0.3) is 11.3 Å². The SMILES string of the molecule is NCC1Cc2cccc(-c3ccccn3)c2O1. The molecule has 2 aromatic rings. The molecule has 1 aromatic carbocycles. The van der Waals surface area contributed by atoms with Crippen molar-refractivity contribution in [3.8, 4) is 17.0 Å². The lowest BCUT2D eigenvalue weighted by molar-refractivity contribution is 0.242. The van der Waals surface area contributed by atoms with Gasteiger partial charge in [0.25, 0.3) is 0 Å². The third-order valence-corrected chi connectivity index (χ3v) is 3.03. The second-order valence-electron chi connectivity index (χ2n) is 4.19. The van der Waals surface area contributed by atoms with Gasteiger partial charge in [0.2, 0.25) is 0 Å². The molecule has 0 aliphatic carbocycles. The number of benzene rings is 1. The molecule has 0 radical (unpaired) electrons. The first-order valence-electron chi connectivity index (χ1n) is 5.78. The van der Waals surface area contributed by atoms with Gasteiger partial charge in [0, 0.05) is 24.7 Å². The normalized spacial score (nSPS) is 17.6. The molecule has 1 aromatic heterocycles. The van der Waals surface area contributed by atoms with E-state index in [9.17, 15) is 0 Å². The molecule has 17 heavy (non-hydrogen) atoms. The first-order chi connectivity index (χ1) is 8.38. The minimum atomic E-state index is 0.106. The minimum absolute atomic E-state index is 0.106. The molecule has 0 saturated carbocycles. The highest BCUT2D eigenvalue weighted by Gasteiger charge is 2.24. The Bertz CT molecular complexity index is 525. The maximum absolute atomic E-state index is 5.88. The van der Waals surface area contributed by atoms with Crippen molar-refractivity contribution in [2.45, 2.75) is 12.5 Å². The predicted molar refractivity (Wildman–Crippen MR) is 66.8 cm³/mol. The van der Waals surface area contributed by atoms with E-state index in [0.29, 0.717) is 6.54 Å². The third kappa shape index (κ3) is 1.78. The molecule has 0 fully saturated rings. The number of para-hydroxylation sites is 1. The largest absolute Gasteiger partial charge is 0.488 e. The first kappa shape index (κ1) is 10.3. The molecule has 1 unspecified atom stereocenters. The number of hydrogen-bond donors (Lipinski definition) is 1. The quantitative estimate of drug-likeness (QED) is 0.852. The highest BCUT2D eigenvalue weighted by Crippen LogP contribution is 2.37. The van der Waals surface area contributed by atoms with Crippen LogP contribution < -0.4 is 10.5 Å². The zero-order valence-corrected chi connectivity index (χ0v) is 9.47. The maximum Gasteiger partial charge on any atom is 0.132 e. The van der Waals surface area contributed by atoms with Crippen molar-refractivity contribution in [2.24, 2.45) is 5.73 Å². The average Bonchev–Trinajstić information content (AvgIpc) is 2.82. The van der Waals surface area contributed by atoms with Crippen molar-refractivity contribution in [3.05, 3.63) is 48.2 Å². The highest BCUT2D eigenvalue weighted by molar-refractivity contribution is 5.70. The van der Waals surface area contributed by atoms with E-state index in [1.54, 1.807) is 6.20 Å². The van der Waals surface area contributed by atoms with Crippen molar-refractivity contribution in [1.82, 2.24) is 4.98 Å². The lowest BCUT2D eigenvalue weighted by Gasteiger charge is -2.10. The Morgan fingerprint density at radius 1 is 1.24 bits per heavy atom.